The Morgan fingerprint density at radius 1 is 1.08 bits per heavy atom. The lowest BCUT2D eigenvalue weighted by atomic mass is 10.5. The van der Waals surface area contributed by atoms with Crippen LogP contribution in [-0.4, -0.2) is 23.0 Å². The van der Waals surface area contributed by atoms with Gasteiger partial charge in [-0.05, 0) is 6.92 Å². The average Bonchev–Trinajstić information content (AvgIpc) is 2.01. The molecule has 0 saturated heterocycles. The van der Waals surface area contributed by atoms with E-state index < -0.39 is 17.9 Å². The molecule has 0 aliphatic heterocycles. The van der Waals surface area contributed by atoms with Crippen LogP contribution in [0.5, 0.6) is 0 Å². The third kappa shape index (κ3) is 6.49. The molecule has 0 heterocycles. The largest absolute Gasteiger partial charge is 0.478 e. The van der Waals surface area contributed by atoms with E-state index in [4.69, 9.17) is 5.11 Å². The van der Waals surface area contributed by atoms with Gasteiger partial charge >= 0.3 is 17.9 Å². The molecule has 0 aliphatic carbocycles. The first-order chi connectivity index (χ1) is 6.06. The van der Waals surface area contributed by atoms with Gasteiger partial charge in [-0.3, -0.25) is 0 Å². The molecule has 0 spiro atoms. The Hall–Kier alpha value is -1.91. The summed E-state index contributed by atoms with van der Waals surface area (Å²) in [5, 5.41) is 8.11. The average molecular weight is 184 g/mol. The number of rotatable bonds is 3. The highest BCUT2D eigenvalue weighted by Crippen LogP contribution is 1.85. The van der Waals surface area contributed by atoms with Gasteiger partial charge in [0.15, 0.2) is 0 Å². The molecule has 0 aromatic carbocycles. The molecule has 0 radical (unpaired) electrons. The lowest BCUT2D eigenvalue weighted by Crippen LogP contribution is -2.07. The first-order valence-corrected chi connectivity index (χ1v) is 3.35. The van der Waals surface area contributed by atoms with Gasteiger partial charge in [0.1, 0.15) is 0 Å². The van der Waals surface area contributed by atoms with Gasteiger partial charge in [0.25, 0.3) is 0 Å². The maximum absolute atomic E-state index is 10.6. The Morgan fingerprint density at radius 3 is 2.08 bits per heavy atom. The quantitative estimate of drug-likeness (QED) is 0.387. The number of aliphatic carboxylic acids is 1. The van der Waals surface area contributed by atoms with Crippen molar-refractivity contribution in [3.05, 3.63) is 24.3 Å². The summed E-state index contributed by atoms with van der Waals surface area (Å²) in [6, 6.07) is 0. The van der Waals surface area contributed by atoms with E-state index in [2.05, 4.69) is 4.74 Å². The molecule has 0 unspecified atom stereocenters. The van der Waals surface area contributed by atoms with E-state index in [1.807, 2.05) is 0 Å². The fraction of sp³-hybridized carbons (Fsp3) is 0.125. The lowest BCUT2D eigenvalue weighted by Gasteiger charge is -1.92. The Labute approximate surface area is 74.3 Å². The van der Waals surface area contributed by atoms with Gasteiger partial charge in [-0.25, -0.2) is 14.4 Å². The molecule has 5 nitrogen and oxygen atoms in total. The highest BCUT2D eigenvalue weighted by Gasteiger charge is 2.02. The lowest BCUT2D eigenvalue weighted by molar-refractivity contribution is -0.152. The van der Waals surface area contributed by atoms with Crippen LogP contribution in [-0.2, 0) is 19.1 Å². The first-order valence-electron chi connectivity index (χ1n) is 3.35. The molecule has 70 valence electrons. The summed E-state index contributed by atoms with van der Waals surface area (Å²) in [5.41, 5.74) is 0. The van der Waals surface area contributed by atoms with Crippen molar-refractivity contribution >= 4 is 17.9 Å². The number of ether oxygens (including phenoxy) is 1. The number of hydrogen-bond donors (Lipinski definition) is 1. The van der Waals surface area contributed by atoms with Crippen LogP contribution in [0.15, 0.2) is 24.3 Å². The molecule has 0 fully saturated rings. The van der Waals surface area contributed by atoms with Crippen molar-refractivity contribution in [2.45, 2.75) is 6.92 Å². The zero-order chi connectivity index (χ0) is 10.3. The van der Waals surface area contributed by atoms with Crippen LogP contribution < -0.4 is 0 Å². The second-order valence-electron chi connectivity index (χ2n) is 1.91. The monoisotopic (exact) mass is 184 g/mol. The molecule has 13 heavy (non-hydrogen) atoms. The van der Waals surface area contributed by atoms with Crippen LogP contribution in [0.1, 0.15) is 6.92 Å². The van der Waals surface area contributed by atoms with E-state index >= 15 is 0 Å². The molecule has 0 aliphatic rings. The number of hydrogen-bond acceptors (Lipinski definition) is 4. The maximum Gasteiger partial charge on any atom is 0.338 e. The van der Waals surface area contributed by atoms with Crippen molar-refractivity contribution in [1.82, 2.24) is 0 Å². The van der Waals surface area contributed by atoms with Crippen molar-refractivity contribution < 1.29 is 24.2 Å². The van der Waals surface area contributed by atoms with Crippen LogP contribution in [0.3, 0.4) is 0 Å². The van der Waals surface area contributed by atoms with Crippen molar-refractivity contribution in [2.24, 2.45) is 0 Å². The van der Waals surface area contributed by atoms with Crippen molar-refractivity contribution in [1.29, 1.82) is 0 Å². The van der Waals surface area contributed by atoms with Gasteiger partial charge < -0.3 is 9.84 Å². The van der Waals surface area contributed by atoms with Gasteiger partial charge in [0.05, 0.1) is 0 Å². The summed E-state index contributed by atoms with van der Waals surface area (Å²) in [6.07, 6.45) is 3.69. The highest BCUT2D eigenvalue weighted by molar-refractivity contribution is 5.98. The normalized spacial score (nSPS) is 10.5. The minimum atomic E-state index is -1.28. The molecule has 5 heteroatoms. The summed E-state index contributed by atoms with van der Waals surface area (Å²) in [5.74, 6) is -3.12. The summed E-state index contributed by atoms with van der Waals surface area (Å²) < 4.78 is 4.13. The van der Waals surface area contributed by atoms with Gasteiger partial charge in [-0.1, -0.05) is 6.08 Å². The van der Waals surface area contributed by atoms with Crippen molar-refractivity contribution in [3.63, 3.8) is 0 Å². The SMILES string of the molecule is C/C=C/C(=O)OC(=O)/C=C\C(=O)O. The van der Waals surface area contributed by atoms with E-state index in [1.165, 1.54) is 6.08 Å². The van der Waals surface area contributed by atoms with Gasteiger partial charge in [-0.2, -0.15) is 0 Å². The fourth-order valence-electron chi connectivity index (χ4n) is 0.443. The van der Waals surface area contributed by atoms with Crippen molar-refractivity contribution in [2.75, 3.05) is 0 Å². The number of allylic oxidation sites excluding steroid dienone is 1. The molecule has 0 saturated carbocycles. The third-order valence-corrected chi connectivity index (χ3v) is 0.866. The molecule has 0 amide bonds. The van der Waals surface area contributed by atoms with Crippen molar-refractivity contribution in [3.8, 4) is 0 Å². The predicted molar refractivity (Wildman–Crippen MR) is 42.7 cm³/mol. The van der Waals surface area contributed by atoms with Crippen LogP contribution >= 0.6 is 0 Å². The molecular formula is C8H8O5. The second-order valence-corrected chi connectivity index (χ2v) is 1.91. The molecule has 0 atom stereocenters. The smallest absolute Gasteiger partial charge is 0.338 e. The number of carbonyl (C=O) groups is 3. The summed E-state index contributed by atoms with van der Waals surface area (Å²) in [7, 11) is 0. The molecule has 0 aromatic rings. The van der Waals surface area contributed by atoms with Gasteiger partial charge in [-0.15, -0.1) is 0 Å². The van der Waals surface area contributed by atoms with E-state index in [9.17, 15) is 14.4 Å². The minimum Gasteiger partial charge on any atom is -0.478 e. The molecule has 1 N–H and O–H groups in total. The van der Waals surface area contributed by atoms with Crippen LogP contribution in [0.4, 0.5) is 0 Å². The van der Waals surface area contributed by atoms with Gasteiger partial charge in [0, 0.05) is 18.2 Å². The van der Waals surface area contributed by atoms with Crippen LogP contribution in [0.2, 0.25) is 0 Å². The van der Waals surface area contributed by atoms with Crippen LogP contribution in [0, 0.1) is 0 Å². The number of esters is 2. The standard InChI is InChI=1S/C8H8O5/c1-2-3-7(11)13-8(12)5-4-6(9)10/h2-5H,1H3,(H,9,10)/b3-2+,5-4-. The van der Waals surface area contributed by atoms with Gasteiger partial charge in [0.2, 0.25) is 0 Å². The number of carboxylic acids is 1. The Morgan fingerprint density at radius 2 is 1.62 bits per heavy atom. The fourth-order valence-corrected chi connectivity index (χ4v) is 0.443. The Bertz CT molecular complexity index is 274. The number of carbonyl (C=O) groups excluding carboxylic acids is 2. The molecule has 0 bridgehead atoms. The Balaban J connectivity index is 4.02. The summed E-state index contributed by atoms with van der Waals surface area (Å²) in [4.78, 5) is 31.1. The van der Waals surface area contributed by atoms with Crippen LogP contribution in [0.25, 0.3) is 0 Å². The predicted octanol–water partition coefficient (Wildman–Crippen LogP) is 0.273. The first kappa shape index (κ1) is 11.1. The van der Waals surface area contributed by atoms with E-state index in [1.54, 1.807) is 6.92 Å². The summed E-state index contributed by atoms with van der Waals surface area (Å²) >= 11 is 0. The maximum atomic E-state index is 10.6. The number of carboxylic acid groups (broad SMARTS) is 1. The zero-order valence-corrected chi connectivity index (χ0v) is 6.89. The summed E-state index contributed by atoms with van der Waals surface area (Å²) in [6.45, 7) is 1.58. The molecule has 0 aromatic heterocycles. The second kappa shape index (κ2) is 5.70. The van der Waals surface area contributed by atoms with E-state index in [0.717, 1.165) is 6.08 Å². The highest BCUT2D eigenvalue weighted by atomic mass is 16.6. The van der Waals surface area contributed by atoms with E-state index in [-0.39, 0.29) is 0 Å². The van der Waals surface area contributed by atoms with E-state index in [0.29, 0.717) is 12.2 Å². The topological polar surface area (TPSA) is 80.7 Å². The Kier molecular flexibility index (Phi) is 4.87. The molecule has 0 rings (SSSR count). The third-order valence-electron chi connectivity index (χ3n) is 0.866. The molecular weight excluding hydrogens is 176 g/mol. The minimum absolute atomic E-state index is 0.589. The zero-order valence-electron chi connectivity index (χ0n) is 6.89.